The summed E-state index contributed by atoms with van der Waals surface area (Å²) in [7, 11) is 6.08. The van der Waals surface area contributed by atoms with Gasteiger partial charge in [0.05, 0.1) is 27.6 Å². The molecule has 0 aliphatic carbocycles. The van der Waals surface area contributed by atoms with E-state index in [0.29, 0.717) is 82.1 Å². The van der Waals surface area contributed by atoms with Gasteiger partial charge < -0.3 is 46.7 Å². The van der Waals surface area contributed by atoms with E-state index in [-0.39, 0.29) is 17.5 Å². The summed E-state index contributed by atoms with van der Waals surface area (Å²) in [4.78, 5) is 30.7. The fraction of sp³-hybridized carbons (Fsp3) is 0.345. The van der Waals surface area contributed by atoms with Crippen LogP contribution < -0.4 is 18.9 Å². The Balaban J connectivity index is 0.000000209. The van der Waals surface area contributed by atoms with Gasteiger partial charge in [0.1, 0.15) is 70.7 Å². The highest BCUT2D eigenvalue weighted by Crippen LogP contribution is 2.42. The number of aromatic nitrogens is 4. The molecule has 0 aliphatic heterocycles. The number of nitrogens with zero attached hydrogens (tertiary/aromatic N) is 5. The number of ketones is 1. The number of aryl methyl sites for hydroxylation is 2. The van der Waals surface area contributed by atoms with Crippen molar-refractivity contribution in [2.75, 3.05) is 54.8 Å². The number of hydroxylamine groups is 2. The van der Waals surface area contributed by atoms with Crippen LogP contribution in [0.1, 0.15) is 85.4 Å². The Hall–Kier alpha value is -6.72. The lowest BCUT2D eigenvalue weighted by atomic mass is 10.0. The lowest BCUT2D eigenvalue weighted by Crippen LogP contribution is -2.32. The Bertz CT molecular complexity index is 3210. The van der Waals surface area contributed by atoms with Gasteiger partial charge in [0.2, 0.25) is 5.78 Å². The van der Waals surface area contributed by atoms with Crippen molar-refractivity contribution in [3.8, 4) is 66.8 Å². The third-order valence-electron chi connectivity index (χ3n) is 11.5. The molecular formula is C58H65Cl2N5O13S2. The van der Waals surface area contributed by atoms with Crippen molar-refractivity contribution in [1.82, 2.24) is 25.5 Å². The number of carbonyl (C=O) groups excluding carboxylic acids is 2. The molecule has 8 rings (SSSR count). The van der Waals surface area contributed by atoms with Crippen molar-refractivity contribution in [2.24, 2.45) is 0 Å². The molecule has 0 fully saturated rings. The van der Waals surface area contributed by atoms with Gasteiger partial charge in [0.15, 0.2) is 24.4 Å². The number of rotatable bonds is 24. The van der Waals surface area contributed by atoms with Gasteiger partial charge in [-0.3, -0.25) is 14.4 Å². The fourth-order valence-electron chi connectivity index (χ4n) is 7.64. The molecule has 0 saturated heterocycles. The third kappa shape index (κ3) is 16.7. The fourth-order valence-corrected chi connectivity index (χ4v) is 9.50. The Kier molecular flexibility index (Phi) is 24.0. The lowest BCUT2D eigenvalue weighted by molar-refractivity contribution is -0.181. The number of methoxy groups -OCH3 is 2. The van der Waals surface area contributed by atoms with Crippen LogP contribution in [0.15, 0.2) is 112 Å². The molecule has 4 atom stereocenters. The van der Waals surface area contributed by atoms with Gasteiger partial charge in [0.25, 0.3) is 5.91 Å². The predicted octanol–water partition coefficient (Wildman–Crippen LogP) is 14.1. The van der Waals surface area contributed by atoms with Gasteiger partial charge in [-0.15, -0.1) is 20.4 Å². The molecular weight excluding hydrogens is 1110 g/mol. The van der Waals surface area contributed by atoms with Crippen molar-refractivity contribution in [2.45, 2.75) is 80.2 Å². The zero-order chi connectivity index (χ0) is 57.9. The molecule has 18 nitrogen and oxygen atoms in total. The molecule has 4 heterocycles. The second kappa shape index (κ2) is 30.8. The van der Waals surface area contributed by atoms with E-state index < -0.39 is 24.8 Å². The molecule has 1 amide bonds. The Morgan fingerprint density at radius 1 is 0.575 bits per heavy atom. The topological polar surface area (TPSA) is 198 Å². The van der Waals surface area contributed by atoms with Crippen molar-refractivity contribution in [3.05, 3.63) is 140 Å². The van der Waals surface area contributed by atoms with Gasteiger partial charge in [-0.1, -0.05) is 94.4 Å². The molecule has 0 spiro atoms. The van der Waals surface area contributed by atoms with Crippen molar-refractivity contribution in [3.63, 3.8) is 0 Å². The predicted molar refractivity (Wildman–Crippen MR) is 308 cm³/mol. The number of likely N-dealkylation sites (N-methyl/N-ethyl adjacent to an activating group) is 1. The van der Waals surface area contributed by atoms with Gasteiger partial charge in [-0.25, -0.2) is 5.06 Å². The van der Waals surface area contributed by atoms with E-state index >= 15 is 0 Å². The first-order chi connectivity index (χ1) is 38.6. The Morgan fingerprint density at radius 3 is 1.44 bits per heavy atom. The summed E-state index contributed by atoms with van der Waals surface area (Å²) in [5.41, 5.74) is 4.85. The highest BCUT2D eigenvalue weighted by atomic mass is 35.5. The number of hydrogen-bond acceptors (Lipinski definition) is 19. The minimum Gasteiger partial charge on any atom is -0.495 e. The molecule has 8 aromatic rings. The van der Waals surface area contributed by atoms with Crippen LogP contribution >= 0.6 is 45.9 Å². The maximum absolute atomic E-state index is 13.5. The van der Waals surface area contributed by atoms with E-state index in [1.807, 2.05) is 109 Å². The van der Waals surface area contributed by atoms with Crippen LogP contribution in [0.3, 0.4) is 0 Å². The monoisotopic (exact) mass is 1170 g/mol. The first kappa shape index (κ1) is 62.5. The van der Waals surface area contributed by atoms with Crippen molar-refractivity contribution >= 4 is 57.6 Å². The van der Waals surface area contributed by atoms with Crippen molar-refractivity contribution in [1.29, 1.82) is 0 Å². The van der Waals surface area contributed by atoms with Crippen LogP contribution in [-0.2, 0) is 28.6 Å². The average Bonchev–Trinajstić information content (AvgIpc) is 4.37. The largest absolute Gasteiger partial charge is 0.495 e. The van der Waals surface area contributed by atoms with E-state index in [0.717, 1.165) is 42.3 Å². The van der Waals surface area contributed by atoms with Crippen LogP contribution in [0, 0.1) is 13.8 Å². The van der Waals surface area contributed by atoms with Crippen molar-refractivity contribution < 1.29 is 61.2 Å². The number of carbonyl (C=O) groups is 2. The highest BCUT2D eigenvalue weighted by Gasteiger charge is 2.28. The number of benzene rings is 4. The Labute approximate surface area is 483 Å². The number of Topliss-reactive ketones (excluding diaryl/α,β-unsaturated/α-hetero) is 1. The molecule has 80 heavy (non-hydrogen) atoms. The number of furan rings is 2. The molecule has 0 bridgehead atoms. The number of hydrogen-bond donors (Lipinski definition) is 0. The maximum Gasteiger partial charge on any atom is 0.279 e. The van der Waals surface area contributed by atoms with E-state index in [1.54, 1.807) is 63.7 Å². The van der Waals surface area contributed by atoms with E-state index in [9.17, 15) is 9.59 Å². The maximum atomic E-state index is 13.5. The summed E-state index contributed by atoms with van der Waals surface area (Å²) < 4.78 is 55.8. The highest BCUT2D eigenvalue weighted by molar-refractivity contribution is 7.14. The quantitative estimate of drug-likeness (QED) is 0.0314. The van der Waals surface area contributed by atoms with Gasteiger partial charge >= 0.3 is 0 Å². The summed E-state index contributed by atoms with van der Waals surface area (Å²) in [5, 5.41) is 21.8. The standard InChI is InChI=1S/C28H29ClN2O6S.C15H17ClO4.C15H19N3O3S/c1-6-34-17(4)36-24-15-20(14-23(33-5)25(24)29)21-12-13-22(37-21)26(32)27(35-7-2)18-8-10-19(11-9-18)28-31-30-16(3)38-28;1-4-18-10(2)20-14-9-11(12-6-5-7-19-12)8-13(17-3)15(14)16;1-5-21-13(15(19)18(3)20-4)11-6-8-12(9-7-11)14-17-16-10(2)22-14/h8-15,17,27H,6-7H2,1-5H3;5-10H,4H2,1-3H3;6-9,13H,5H2,1-4H3. The molecule has 22 heteroatoms. The van der Waals surface area contributed by atoms with Crippen LogP contribution in [0.4, 0.5) is 0 Å². The number of ether oxygens (including phenoxy) is 8. The van der Waals surface area contributed by atoms with Gasteiger partial charge in [0, 0.05) is 55.7 Å². The zero-order valence-corrected chi connectivity index (χ0v) is 49.7. The molecule has 0 N–H and O–H groups in total. The molecule has 0 aliphatic rings. The lowest BCUT2D eigenvalue weighted by Gasteiger charge is -2.22. The first-order valence-electron chi connectivity index (χ1n) is 25.4. The molecule has 426 valence electrons. The summed E-state index contributed by atoms with van der Waals surface area (Å²) in [6, 6.07) is 29.2. The normalized spacial score (nSPS) is 12.5. The van der Waals surface area contributed by atoms with Crippen LogP contribution in [0.2, 0.25) is 10.0 Å². The van der Waals surface area contributed by atoms with E-state index in [4.69, 9.17) is 74.8 Å². The molecule has 0 saturated carbocycles. The van der Waals surface area contributed by atoms with Gasteiger partial charge in [-0.05, 0) is 115 Å². The Morgan fingerprint density at radius 2 is 1.02 bits per heavy atom. The molecule has 4 aromatic carbocycles. The summed E-state index contributed by atoms with van der Waals surface area (Å²) in [6.07, 6.45) is -0.802. The van der Waals surface area contributed by atoms with Crippen LogP contribution in [0.25, 0.3) is 43.8 Å². The minimum absolute atomic E-state index is 0.168. The molecule has 0 radical (unpaired) electrons. The number of amides is 1. The molecule has 4 unspecified atom stereocenters. The van der Waals surface area contributed by atoms with E-state index in [2.05, 4.69) is 20.4 Å². The average molecular weight is 1180 g/mol. The SMILES string of the molecule is CCOC(C(=O)N(C)OC)c1ccc(-c2nnc(C)s2)cc1.CCOC(C)Oc1cc(-c2ccc(C(=O)C(OCC)c3ccc(-c4nnc(C)s4)cc3)o2)cc(OC)c1Cl.CCOC(C)Oc1cc(-c2ccco2)cc(OC)c1Cl. The van der Waals surface area contributed by atoms with Gasteiger partial charge in [-0.2, -0.15) is 0 Å². The molecule has 4 aromatic heterocycles. The summed E-state index contributed by atoms with van der Waals surface area (Å²) in [6.45, 7) is 16.7. The minimum atomic E-state index is -0.824. The number of halogens is 2. The van der Waals surface area contributed by atoms with E-state index in [1.165, 1.54) is 42.0 Å². The first-order valence-corrected chi connectivity index (χ1v) is 27.8. The van der Waals surface area contributed by atoms with Crippen LogP contribution in [-0.4, -0.2) is 105 Å². The van der Waals surface area contributed by atoms with Crippen LogP contribution in [0.5, 0.6) is 23.0 Å². The smallest absolute Gasteiger partial charge is 0.279 e. The second-order valence-corrected chi connectivity index (χ2v) is 20.1. The second-order valence-electron chi connectivity index (χ2n) is 17.0. The summed E-state index contributed by atoms with van der Waals surface area (Å²) in [5.74, 6) is 2.61. The third-order valence-corrected chi connectivity index (χ3v) is 14.0. The summed E-state index contributed by atoms with van der Waals surface area (Å²) >= 11 is 15.7. The zero-order valence-electron chi connectivity index (χ0n) is 46.6.